The van der Waals surface area contributed by atoms with Crippen LogP contribution in [-0.4, -0.2) is 22.4 Å². The van der Waals surface area contributed by atoms with Crippen molar-refractivity contribution in [1.29, 1.82) is 0 Å². The Bertz CT molecular complexity index is 1030. The molecule has 3 N–H and O–H groups in total. The number of nitrogens with one attached hydrogen (secondary N) is 2. The third-order valence-corrected chi connectivity index (χ3v) is 5.94. The first kappa shape index (κ1) is 28.5. The Balaban J connectivity index is 0.000000326. The first-order valence-electron chi connectivity index (χ1n) is 12.0. The molecule has 182 valence electrons. The first-order valence-corrected chi connectivity index (χ1v) is 12.4. The predicted molar refractivity (Wildman–Crippen MR) is 144 cm³/mol. The van der Waals surface area contributed by atoms with Crippen LogP contribution in [0.2, 0.25) is 0 Å². The number of hydrogen-bond donors (Lipinski definition) is 3. The van der Waals surface area contributed by atoms with Crippen molar-refractivity contribution < 1.29 is 9.84 Å². The summed E-state index contributed by atoms with van der Waals surface area (Å²) in [6.45, 7) is 14.3. The quantitative estimate of drug-likeness (QED) is 0.335. The second-order valence-electron chi connectivity index (χ2n) is 8.11. The van der Waals surface area contributed by atoms with Gasteiger partial charge >= 0.3 is 0 Å². The minimum absolute atomic E-state index is 0.314. The fourth-order valence-electron chi connectivity index (χ4n) is 3.54. The molecule has 0 bridgehead atoms. The van der Waals surface area contributed by atoms with Crippen LogP contribution in [0.1, 0.15) is 81.5 Å². The molecular weight excluding hydrogens is 428 g/mol. The number of phenolic OH excluding ortho intramolecular Hbond substituents is 1. The average Bonchev–Trinajstić information content (AvgIpc) is 3.10. The van der Waals surface area contributed by atoms with Gasteiger partial charge in [0.2, 0.25) is 0 Å². The summed E-state index contributed by atoms with van der Waals surface area (Å²) in [4.78, 5) is 0. The van der Waals surface area contributed by atoms with Crippen LogP contribution in [0.5, 0.6) is 11.5 Å². The van der Waals surface area contributed by atoms with Crippen molar-refractivity contribution in [2.24, 2.45) is 0 Å². The van der Waals surface area contributed by atoms with Crippen molar-refractivity contribution in [3.8, 4) is 22.8 Å². The van der Waals surface area contributed by atoms with Gasteiger partial charge in [0, 0.05) is 11.1 Å². The van der Waals surface area contributed by atoms with Crippen LogP contribution in [-0.2, 0) is 0 Å². The Kier molecular flexibility index (Phi) is 12.6. The molecule has 5 heteroatoms. The summed E-state index contributed by atoms with van der Waals surface area (Å²) < 4.78 is 5.74. The molecule has 1 fully saturated rings. The Labute approximate surface area is 205 Å². The molecule has 3 aromatic rings. The number of benzene rings is 2. The molecule has 0 aliphatic heterocycles. The van der Waals surface area contributed by atoms with E-state index in [0.717, 1.165) is 22.6 Å². The number of rotatable bonds is 3. The van der Waals surface area contributed by atoms with E-state index in [2.05, 4.69) is 37.0 Å². The third kappa shape index (κ3) is 7.78. The van der Waals surface area contributed by atoms with E-state index < -0.39 is 0 Å². The van der Waals surface area contributed by atoms with E-state index in [0.29, 0.717) is 16.3 Å². The molecule has 1 saturated carbocycles. The van der Waals surface area contributed by atoms with Gasteiger partial charge in [0.05, 0.1) is 12.8 Å². The van der Waals surface area contributed by atoms with E-state index in [-0.39, 0.29) is 0 Å². The van der Waals surface area contributed by atoms with Crippen LogP contribution < -0.4 is 4.74 Å². The fourth-order valence-corrected chi connectivity index (χ4v) is 3.70. The van der Waals surface area contributed by atoms with Crippen molar-refractivity contribution in [3.63, 3.8) is 0 Å². The van der Waals surface area contributed by atoms with Gasteiger partial charge in [0.15, 0.2) is 0 Å². The summed E-state index contributed by atoms with van der Waals surface area (Å²) >= 11 is 5.19. The number of methoxy groups -OCH3 is 1. The SMILES string of the molecule is CC.CCC.COc1ccccc1C.Cc1cc(O)c(-c2[nH][nH]c(=S)c2C)cc1C1CCC1. The number of phenols is 1. The summed E-state index contributed by atoms with van der Waals surface area (Å²) in [5.41, 5.74) is 6.44. The first-order chi connectivity index (χ1) is 15.8. The Hall–Kier alpha value is -2.53. The highest BCUT2D eigenvalue weighted by molar-refractivity contribution is 7.71. The number of H-pyrrole nitrogens is 2. The van der Waals surface area contributed by atoms with Crippen molar-refractivity contribution in [2.75, 3.05) is 7.11 Å². The monoisotopic (exact) mass is 470 g/mol. The zero-order chi connectivity index (χ0) is 25.0. The molecule has 33 heavy (non-hydrogen) atoms. The van der Waals surface area contributed by atoms with Crippen LogP contribution in [0.25, 0.3) is 11.3 Å². The molecule has 1 aliphatic carbocycles. The Morgan fingerprint density at radius 1 is 1.00 bits per heavy atom. The number of aromatic amines is 2. The summed E-state index contributed by atoms with van der Waals surface area (Å²) in [7, 11) is 1.68. The van der Waals surface area contributed by atoms with Gasteiger partial charge < -0.3 is 9.84 Å². The van der Waals surface area contributed by atoms with Gasteiger partial charge in [-0.1, -0.05) is 71.0 Å². The van der Waals surface area contributed by atoms with E-state index in [9.17, 15) is 5.11 Å². The van der Waals surface area contributed by atoms with Gasteiger partial charge in [-0.2, -0.15) is 0 Å². The van der Waals surface area contributed by atoms with Gasteiger partial charge in [0.25, 0.3) is 0 Å². The van der Waals surface area contributed by atoms with Gasteiger partial charge in [-0.25, -0.2) is 0 Å². The predicted octanol–water partition coefficient (Wildman–Crippen LogP) is 8.78. The minimum atomic E-state index is 0.314. The van der Waals surface area contributed by atoms with Crippen LogP contribution in [0.15, 0.2) is 36.4 Å². The van der Waals surface area contributed by atoms with Crippen LogP contribution in [0, 0.1) is 25.4 Å². The lowest BCUT2D eigenvalue weighted by Crippen LogP contribution is -2.10. The van der Waals surface area contributed by atoms with Gasteiger partial charge in [-0.05, 0) is 74.4 Å². The minimum Gasteiger partial charge on any atom is -0.507 e. The van der Waals surface area contributed by atoms with E-state index in [1.807, 2.05) is 58.0 Å². The summed E-state index contributed by atoms with van der Waals surface area (Å²) in [6.07, 6.45) is 5.08. The molecule has 0 spiro atoms. The van der Waals surface area contributed by atoms with Crippen molar-refractivity contribution in [2.45, 2.75) is 80.1 Å². The number of aromatic hydroxyl groups is 1. The van der Waals surface area contributed by atoms with Crippen LogP contribution >= 0.6 is 12.2 Å². The number of hydrogen-bond acceptors (Lipinski definition) is 3. The van der Waals surface area contributed by atoms with Crippen molar-refractivity contribution in [1.82, 2.24) is 10.2 Å². The molecule has 4 rings (SSSR count). The maximum absolute atomic E-state index is 10.2. The van der Waals surface area contributed by atoms with E-state index in [1.165, 1.54) is 42.4 Å². The zero-order valence-corrected chi connectivity index (χ0v) is 22.5. The maximum Gasteiger partial charge on any atom is 0.125 e. The fraction of sp³-hybridized carbons (Fsp3) is 0.464. The maximum atomic E-state index is 10.2. The summed E-state index contributed by atoms with van der Waals surface area (Å²) in [5, 5.41) is 16.2. The largest absolute Gasteiger partial charge is 0.507 e. The molecule has 4 nitrogen and oxygen atoms in total. The lowest BCUT2D eigenvalue weighted by molar-refractivity contribution is 0.411. The molecule has 0 radical (unpaired) electrons. The third-order valence-electron chi connectivity index (χ3n) is 5.53. The van der Waals surface area contributed by atoms with Gasteiger partial charge in [-0.3, -0.25) is 10.2 Å². The Morgan fingerprint density at radius 2 is 1.61 bits per heavy atom. The summed E-state index contributed by atoms with van der Waals surface area (Å²) in [6, 6.07) is 11.9. The standard InChI is InChI=1S/C15H18N2OS.C8H10O.C3H8.C2H6/c1-8-6-13(18)12(7-11(8)10-4-3-5-10)14-9(2)15(19)17-16-14;1-7-5-3-4-6-8(7)9-2;1-3-2;1-2/h6-7,10,18H,3-5H2,1-2H3,(H2,16,17,19);3-6H,1-2H3;3H2,1-2H3;1-2H3. The molecule has 1 aromatic heterocycles. The molecule has 2 aromatic carbocycles. The lowest BCUT2D eigenvalue weighted by atomic mass is 9.77. The average molecular weight is 471 g/mol. The second-order valence-corrected chi connectivity index (χ2v) is 8.52. The molecule has 0 amide bonds. The zero-order valence-electron chi connectivity index (χ0n) is 21.6. The Morgan fingerprint density at radius 3 is 2.03 bits per heavy atom. The molecule has 0 atom stereocenters. The number of para-hydroxylation sites is 1. The number of aromatic nitrogens is 2. The number of ether oxygens (including phenoxy) is 1. The highest BCUT2D eigenvalue weighted by Crippen LogP contribution is 2.42. The molecule has 1 aliphatic rings. The molecule has 0 saturated heterocycles. The lowest BCUT2D eigenvalue weighted by Gasteiger charge is -2.28. The van der Waals surface area contributed by atoms with Gasteiger partial charge in [0.1, 0.15) is 16.1 Å². The normalized spacial score (nSPS) is 12.1. The second kappa shape index (κ2) is 14.6. The smallest absolute Gasteiger partial charge is 0.125 e. The van der Waals surface area contributed by atoms with Crippen LogP contribution in [0.3, 0.4) is 0 Å². The van der Waals surface area contributed by atoms with Crippen LogP contribution in [0.4, 0.5) is 0 Å². The molecule has 1 heterocycles. The highest BCUT2D eigenvalue weighted by atomic mass is 32.1. The highest BCUT2D eigenvalue weighted by Gasteiger charge is 2.23. The molecule has 0 unspecified atom stereocenters. The van der Waals surface area contributed by atoms with E-state index >= 15 is 0 Å². The topological polar surface area (TPSA) is 61.0 Å². The van der Waals surface area contributed by atoms with E-state index in [1.54, 1.807) is 7.11 Å². The number of aryl methyl sites for hydroxylation is 2. The van der Waals surface area contributed by atoms with Gasteiger partial charge in [-0.15, -0.1) is 0 Å². The van der Waals surface area contributed by atoms with E-state index in [4.69, 9.17) is 17.0 Å². The molecular formula is C28H42N2O2S. The van der Waals surface area contributed by atoms with Crippen molar-refractivity contribution >= 4 is 12.2 Å². The van der Waals surface area contributed by atoms with Crippen molar-refractivity contribution in [3.05, 3.63) is 63.3 Å². The summed E-state index contributed by atoms with van der Waals surface area (Å²) in [5.74, 6) is 1.92.